The third kappa shape index (κ3) is 2.50. The smallest absolute Gasteiger partial charge is 0.0455 e. The van der Waals surface area contributed by atoms with Crippen molar-refractivity contribution in [1.82, 2.24) is 0 Å². The summed E-state index contributed by atoms with van der Waals surface area (Å²) >= 11 is 0. The van der Waals surface area contributed by atoms with E-state index >= 15 is 0 Å². The summed E-state index contributed by atoms with van der Waals surface area (Å²) in [5.74, 6) is 0. The van der Waals surface area contributed by atoms with E-state index in [-0.39, 0.29) is 5.41 Å². The molecule has 114 valence electrons. The monoisotopic (exact) mass is 292 g/mol. The van der Waals surface area contributed by atoms with E-state index < -0.39 is 0 Å². The molecular formula is C20H24N2. The summed E-state index contributed by atoms with van der Waals surface area (Å²) in [5.41, 5.74) is 6.21. The zero-order chi connectivity index (χ0) is 15.7. The van der Waals surface area contributed by atoms with Gasteiger partial charge in [0.25, 0.3) is 0 Å². The number of fused-ring (bicyclic) bond motifs is 1. The molecule has 2 N–H and O–H groups in total. The Morgan fingerprint density at radius 1 is 1.09 bits per heavy atom. The summed E-state index contributed by atoms with van der Waals surface area (Å²) in [4.78, 5) is 0. The van der Waals surface area contributed by atoms with Gasteiger partial charge in [-0.25, -0.2) is 0 Å². The second-order valence-electron chi connectivity index (χ2n) is 6.56. The van der Waals surface area contributed by atoms with Crippen molar-refractivity contribution in [3.63, 3.8) is 0 Å². The topological polar surface area (TPSA) is 24.1 Å². The van der Waals surface area contributed by atoms with Gasteiger partial charge in [0.2, 0.25) is 0 Å². The van der Waals surface area contributed by atoms with Crippen LogP contribution in [-0.2, 0) is 5.41 Å². The fraction of sp³-hybridized carbons (Fsp3) is 0.300. The van der Waals surface area contributed by atoms with E-state index in [0.29, 0.717) is 6.04 Å². The van der Waals surface area contributed by atoms with E-state index in [9.17, 15) is 0 Å². The van der Waals surface area contributed by atoms with Crippen LogP contribution in [0.3, 0.4) is 0 Å². The van der Waals surface area contributed by atoms with Gasteiger partial charge in [-0.05, 0) is 62.7 Å². The van der Waals surface area contributed by atoms with Crippen molar-refractivity contribution in [3.8, 4) is 0 Å². The van der Waals surface area contributed by atoms with Crippen LogP contribution in [0.15, 0.2) is 54.7 Å². The standard InChI is InChI=1S/C20H24N2/c1-14(2)22-17-12-15(3)19-18(13-17)20(4,10-11-21-19)16-8-6-5-7-9-16/h5-14,21-22H,1-4H3. The second kappa shape index (κ2) is 5.53. The number of anilines is 2. The van der Waals surface area contributed by atoms with Gasteiger partial charge in [0.15, 0.2) is 0 Å². The molecule has 2 nitrogen and oxygen atoms in total. The lowest BCUT2D eigenvalue weighted by Crippen LogP contribution is -2.26. The molecule has 0 fully saturated rings. The third-order valence-electron chi connectivity index (χ3n) is 4.37. The Bertz CT molecular complexity index is 701. The molecule has 1 aliphatic heterocycles. The van der Waals surface area contributed by atoms with Crippen LogP contribution in [0, 0.1) is 6.92 Å². The maximum atomic E-state index is 3.53. The molecule has 0 aliphatic carbocycles. The van der Waals surface area contributed by atoms with Crippen LogP contribution in [0.5, 0.6) is 0 Å². The van der Waals surface area contributed by atoms with E-state index in [2.05, 4.69) is 93.1 Å². The van der Waals surface area contributed by atoms with Crippen LogP contribution in [0.2, 0.25) is 0 Å². The minimum Gasteiger partial charge on any atom is -0.383 e. The van der Waals surface area contributed by atoms with E-state index in [1.807, 2.05) is 0 Å². The zero-order valence-corrected chi connectivity index (χ0v) is 13.8. The number of nitrogens with one attached hydrogen (secondary N) is 2. The summed E-state index contributed by atoms with van der Waals surface area (Å²) in [7, 11) is 0. The normalized spacial score (nSPS) is 19.7. The highest BCUT2D eigenvalue weighted by molar-refractivity contribution is 5.72. The van der Waals surface area contributed by atoms with E-state index in [1.54, 1.807) is 0 Å². The van der Waals surface area contributed by atoms with Crippen molar-refractivity contribution in [2.45, 2.75) is 39.2 Å². The average Bonchev–Trinajstić information content (AvgIpc) is 2.49. The van der Waals surface area contributed by atoms with Gasteiger partial charge >= 0.3 is 0 Å². The molecule has 1 heterocycles. The van der Waals surface area contributed by atoms with Crippen LogP contribution in [0.1, 0.15) is 37.5 Å². The highest BCUT2D eigenvalue weighted by Gasteiger charge is 2.31. The molecular weight excluding hydrogens is 268 g/mol. The van der Waals surface area contributed by atoms with Gasteiger partial charge in [-0.3, -0.25) is 0 Å². The number of benzene rings is 2. The molecule has 1 aliphatic rings. The predicted molar refractivity (Wildman–Crippen MR) is 95.6 cm³/mol. The quantitative estimate of drug-likeness (QED) is 0.826. The van der Waals surface area contributed by atoms with Crippen molar-refractivity contribution in [1.29, 1.82) is 0 Å². The first kappa shape index (κ1) is 14.7. The average molecular weight is 292 g/mol. The maximum Gasteiger partial charge on any atom is 0.0455 e. The zero-order valence-electron chi connectivity index (χ0n) is 13.8. The number of hydrogen-bond acceptors (Lipinski definition) is 2. The largest absolute Gasteiger partial charge is 0.383 e. The van der Waals surface area contributed by atoms with Crippen molar-refractivity contribution in [2.24, 2.45) is 0 Å². The van der Waals surface area contributed by atoms with Gasteiger partial charge in [-0.2, -0.15) is 0 Å². The van der Waals surface area contributed by atoms with Crippen LogP contribution in [0.25, 0.3) is 0 Å². The Labute approximate surface area is 133 Å². The molecule has 3 rings (SSSR count). The van der Waals surface area contributed by atoms with Crippen LogP contribution in [-0.4, -0.2) is 6.04 Å². The Morgan fingerprint density at radius 2 is 1.82 bits per heavy atom. The highest BCUT2D eigenvalue weighted by atomic mass is 14.9. The van der Waals surface area contributed by atoms with Crippen molar-refractivity contribution in [2.75, 3.05) is 10.6 Å². The van der Waals surface area contributed by atoms with Gasteiger partial charge in [-0.15, -0.1) is 0 Å². The Kier molecular flexibility index (Phi) is 3.69. The molecule has 22 heavy (non-hydrogen) atoms. The summed E-state index contributed by atoms with van der Waals surface area (Å²) < 4.78 is 0. The molecule has 0 bridgehead atoms. The van der Waals surface area contributed by atoms with Crippen molar-refractivity contribution >= 4 is 11.4 Å². The maximum absolute atomic E-state index is 3.53. The third-order valence-corrected chi connectivity index (χ3v) is 4.37. The number of allylic oxidation sites excluding steroid dienone is 1. The van der Waals surface area contributed by atoms with Gasteiger partial charge in [0, 0.05) is 22.8 Å². The Morgan fingerprint density at radius 3 is 2.50 bits per heavy atom. The van der Waals surface area contributed by atoms with Gasteiger partial charge in [0.1, 0.15) is 0 Å². The first-order valence-corrected chi connectivity index (χ1v) is 7.92. The minimum atomic E-state index is -0.110. The van der Waals surface area contributed by atoms with Crippen LogP contribution >= 0.6 is 0 Å². The van der Waals surface area contributed by atoms with E-state index in [0.717, 1.165) is 0 Å². The molecule has 1 unspecified atom stereocenters. The summed E-state index contributed by atoms with van der Waals surface area (Å²) in [6.45, 7) is 8.80. The molecule has 0 aromatic heterocycles. The SMILES string of the molecule is Cc1cc(NC(C)C)cc2c1NC=CC2(C)c1ccccc1. The fourth-order valence-electron chi connectivity index (χ4n) is 3.22. The lowest BCUT2D eigenvalue weighted by atomic mass is 9.73. The van der Waals surface area contributed by atoms with Crippen molar-refractivity contribution < 1.29 is 0 Å². The summed E-state index contributed by atoms with van der Waals surface area (Å²) in [6, 6.07) is 15.6. The summed E-state index contributed by atoms with van der Waals surface area (Å²) in [6.07, 6.45) is 4.32. The first-order chi connectivity index (χ1) is 10.5. The van der Waals surface area contributed by atoms with Gasteiger partial charge < -0.3 is 10.6 Å². The molecule has 0 spiro atoms. The molecule has 0 radical (unpaired) electrons. The molecule has 2 aromatic carbocycles. The number of rotatable bonds is 3. The predicted octanol–water partition coefficient (Wildman–Crippen LogP) is 5.06. The molecule has 1 atom stereocenters. The summed E-state index contributed by atoms with van der Waals surface area (Å²) in [5, 5.41) is 6.96. The van der Waals surface area contributed by atoms with E-state index in [4.69, 9.17) is 0 Å². The molecule has 0 amide bonds. The minimum absolute atomic E-state index is 0.110. The molecule has 2 heteroatoms. The molecule has 0 saturated carbocycles. The lowest BCUT2D eigenvalue weighted by Gasteiger charge is -2.34. The fourth-order valence-corrected chi connectivity index (χ4v) is 3.22. The lowest BCUT2D eigenvalue weighted by molar-refractivity contribution is 0.716. The Balaban J connectivity index is 2.16. The first-order valence-electron chi connectivity index (χ1n) is 7.92. The highest BCUT2D eigenvalue weighted by Crippen LogP contribution is 2.43. The second-order valence-corrected chi connectivity index (χ2v) is 6.56. The number of hydrogen-bond donors (Lipinski definition) is 2. The molecule has 2 aromatic rings. The van der Waals surface area contributed by atoms with Gasteiger partial charge in [0.05, 0.1) is 0 Å². The Hall–Kier alpha value is -2.22. The molecule has 0 saturated heterocycles. The van der Waals surface area contributed by atoms with Crippen LogP contribution in [0.4, 0.5) is 11.4 Å². The van der Waals surface area contributed by atoms with Gasteiger partial charge in [-0.1, -0.05) is 36.4 Å². The number of aryl methyl sites for hydroxylation is 1. The van der Waals surface area contributed by atoms with Crippen LogP contribution < -0.4 is 10.6 Å². The van der Waals surface area contributed by atoms with Crippen molar-refractivity contribution in [3.05, 3.63) is 71.4 Å². The van der Waals surface area contributed by atoms with E-state index in [1.165, 1.54) is 28.1 Å².